The number of carbonyl (C=O) groups is 3. The molecule has 2 rings (SSSR count). The molecular weight excluding hydrogens is 262 g/mol. The van der Waals surface area contributed by atoms with Gasteiger partial charge in [-0.05, 0) is 25.7 Å². The van der Waals surface area contributed by atoms with Crippen molar-refractivity contribution in [2.45, 2.75) is 44.2 Å². The SMILES string of the molecule is NC(CC(=O)O)C(=O)N1CCC(NC(=O)C2CC2)CC1. The molecule has 1 aliphatic heterocycles. The average Bonchev–Trinajstić information content (AvgIpc) is 3.22. The molecule has 0 aromatic carbocycles. The summed E-state index contributed by atoms with van der Waals surface area (Å²) in [5.74, 6) is -1.08. The van der Waals surface area contributed by atoms with Crippen molar-refractivity contribution in [2.75, 3.05) is 13.1 Å². The molecule has 1 unspecified atom stereocenters. The number of nitrogens with one attached hydrogen (secondary N) is 1. The van der Waals surface area contributed by atoms with Gasteiger partial charge in [0.1, 0.15) is 0 Å². The maximum Gasteiger partial charge on any atom is 0.305 e. The molecule has 1 heterocycles. The van der Waals surface area contributed by atoms with Gasteiger partial charge in [0, 0.05) is 25.0 Å². The van der Waals surface area contributed by atoms with Crippen LogP contribution in [0.5, 0.6) is 0 Å². The molecule has 1 aliphatic carbocycles. The zero-order valence-electron chi connectivity index (χ0n) is 11.4. The van der Waals surface area contributed by atoms with E-state index >= 15 is 0 Å². The van der Waals surface area contributed by atoms with Crippen LogP contribution >= 0.6 is 0 Å². The van der Waals surface area contributed by atoms with Crippen molar-refractivity contribution < 1.29 is 19.5 Å². The Morgan fingerprint density at radius 1 is 1.20 bits per heavy atom. The zero-order valence-corrected chi connectivity index (χ0v) is 11.4. The molecule has 112 valence electrons. The molecule has 20 heavy (non-hydrogen) atoms. The second-order valence-corrected chi connectivity index (χ2v) is 5.59. The van der Waals surface area contributed by atoms with Gasteiger partial charge in [0.15, 0.2) is 0 Å². The lowest BCUT2D eigenvalue weighted by Gasteiger charge is -2.33. The van der Waals surface area contributed by atoms with E-state index in [-0.39, 0.29) is 30.2 Å². The average molecular weight is 283 g/mol. The fraction of sp³-hybridized carbons (Fsp3) is 0.769. The number of carboxylic acid groups (broad SMARTS) is 1. The quantitative estimate of drug-likeness (QED) is 0.618. The van der Waals surface area contributed by atoms with E-state index in [0.29, 0.717) is 25.9 Å². The summed E-state index contributed by atoms with van der Waals surface area (Å²) in [4.78, 5) is 35.7. The van der Waals surface area contributed by atoms with Gasteiger partial charge in [0.05, 0.1) is 12.5 Å². The monoisotopic (exact) mass is 283 g/mol. The number of hydrogen-bond acceptors (Lipinski definition) is 4. The van der Waals surface area contributed by atoms with Gasteiger partial charge in [-0.2, -0.15) is 0 Å². The molecule has 4 N–H and O–H groups in total. The number of carbonyl (C=O) groups excluding carboxylic acids is 2. The van der Waals surface area contributed by atoms with Crippen LogP contribution in [0.4, 0.5) is 0 Å². The largest absolute Gasteiger partial charge is 0.481 e. The van der Waals surface area contributed by atoms with Crippen LogP contribution in [0.3, 0.4) is 0 Å². The van der Waals surface area contributed by atoms with Crippen LogP contribution in [0.15, 0.2) is 0 Å². The highest BCUT2D eigenvalue weighted by Crippen LogP contribution is 2.29. The van der Waals surface area contributed by atoms with Gasteiger partial charge >= 0.3 is 5.97 Å². The van der Waals surface area contributed by atoms with Crippen molar-refractivity contribution in [3.05, 3.63) is 0 Å². The van der Waals surface area contributed by atoms with Crippen molar-refractivity contribution in [3.8, 4) is 0 Å². The van der Waals surface area contributed by atoms with E-state index in [9.17, 15) is 14.4 Å². The van der Waals surface area contributed by atoms with E-state index in [2.05, 4.69) is 5.32 Å². The van der Waals surface area contributed by atoms with Crippen LogP contribution in [0.1, 0.15) is 32.1 Å². The second kappa shape index (κ2) is 6.21. The number of likely N-dealkylation sites (tertiary alicyclic amines) is 1. The van der Waals surface area contributed by atoms with Crippen molar-refractivity contribution in [2.24, 2.45) is 11.7 Å². The van der Waals surface area contributed by atoms with Crippen LogP contribution in [0.2, 0.25) is 0 Å². The van der Waals surface area contributed by atoms with Crippen LogP contribution in [-0.4, -0.2) is 53.0 Å². The van der Waals surface area contributed by atoms with Crippen molar-refractivity contribution in [1.29, 1.82) is 0 Å². The number of carboxylic acids is 1. The summed E-state index contributed by atoms with van der Waals surface area (Å²) in [5.41, 5.74) is 5.57. The first-order valence-electron chi connectivity index (χ1n) is 7.04. The Balaban J connectivity index is 1.74. The Labute approximate surface area is 117 Å². The van der Waals surface area contributed by atoms with Crippen molar-refractivity contribution in [1.82, 2.24) is 10.2 Å². The Bertz CT molecular complexity index is 400. The summed E-state index contributed by atoms with van der Waals surface area (Å²) in [7, 11) is 0. The molecule has 2 fully saturated rings. The minimum Gasteiger partial charge on any atom is -0.481 e. The third-order valence-corrected chi connectivity index (χ3v) is 3.81. The van der Waals surface area contributed by atoms with Gasteiger partial charge in [-0.1, -0.05) is 0 Å². The molecule has 0 aromatic rings. The third kappa shape index (κ3) is 3.93. The molecule has 1 atom stereocenters. The Morgan fingerprint density at radius 2 is 1.80 bits per heavy atom. The van der Waals surface area contributed by atoms with E-state index in [0.717, 1.165) is 12.8 Å². The van der Waals surface area contributed by atoms with Gasteiger partial charge in [-0.15, -0.1) is 0 Å². The summed E-state index contributed by atoms with van der Waals surface area (Å²) >= 11 is 0. The molecule has 1 saturated carbocycles. The van der Waals surface area contributed by atoms with Gasteiger partial charge in [-0.3, -0.25) is 14.4 Å². The summed E-state index contributed by atoms with van der Waals surface area (Å²) in [6.45, 7) is 1.03. The summed E-state index contributed by atoms with van der Waals surface area (Å²) in [6, 6.07) is -0.868. The summed E-state index contributed by atoms with van der Waals surface area (Å²) in [5, 5.41) is 11.6. The first-order chi connectivity index (χ1) is 9.47. The summed E-state index contributed by atoms with van der Waals surface area (Å²) < 4.78 is 0. The Hall–Kier alpha value is -1.63. The normalized spacial score (nSPS) is 21.4. The summed E-state index contributed by atoms with van der Waals surface area (Å²) in [6.07, 6.45) is 3.01. The predicted octanol–water partition coefficient (Wildman–Crippen LogP) is -0.694. The highest BCUT2D eigenvalue weighted by Gasteiger charge is 2.33. The Morgan fingerprint density at radius 3 is 2.30 bits per heavy atom. The molecule has 7 heteroatoms. The standard InChI is InChI=1S/C13H21N3O4/c14-10(7-11(17)18)13(20)16-5-3-9(4-6-16)15-12(19)8-1-2-8/h8-10H,1-7,14H2,(H,15,19)(H,17,18). The fourth-order valence-corrected chi connectivity index (χ4v) is 2.42. The highest BCUT2D eigenvalue weighted by atomic mass is 16.4. The lowest BCUT2D eigenvalue weighted by atomic mass is 10.0. The molecule has 2 amide bonds. The molecular formula is C13H21N3O4. The van der Waals surface area contributed by atoms with Crippen molar-refractivity contribution in [3.63, 3.8) is 0 Å². The maximum atomic E-state index is 11.9. The zero-order chi connectivity index (χ0) is 14.7. The molecule has 1 saturated heterocycles. The molecule has 0 spiro atoms. The lowest BCUT2D eigenvalue weighted by Crippen LogP contribution is -2.51. The minimum atomic E-state index is -1.07. The van der Waals surface area contributed by atoms with Crippen LogP contribution < -0.4 is 11.1 Å². The number of piperidine rings is 1. The van der Waals surface area contributed by atoms with E-state index in [1.807, 2.05) is 0 Å². The van der Waals surface area contributed by atoms with E-state index in [1.54, 1.807) is 4.90 Å². The molecule has 0 bridgehead atoms. The minimum absolute atomic E-state index is 0.114. The number of rotatable bonds is 5. The van der Waals surface area contributed by atoms with E-state index in [4.69, 9.17) is 10.8 Å². The van der Waals surface area contributed by atoms with Crippen molar-refractivity contribution >= 4 is 17.8 Å². The second-order valence-electron chi connectivity index (χ2n) is 5.59. The Kier molecular flexibility index (Phi) is 4.59. The number of nitrogens with zero attached hydrogens (tertiary/aromatic N) is 1. The lowest BCUT2D eigenvalue weighted by molar-refractivity contribution is -0.142. The number of nitrogens with two attached hydrogens (primary N) is 1. The van der Waals surface area contributed by atoms with Crippen LogP contribution in [0, 0.1) is 5.92 Å². The third-order valence-electron chi connectivity index (χ3n) is 3.81. The van der Waals surface area contributed by atoms with Gasteiger partial charge < -0.3 is 21.1 Å². The van der Waals surface area contributed by atoms with E-state index in [1.165, 1.54) is 0 Å². The number of hydrogen-bond donors (Lipinski definition) is 3. The molecule has 7 nitrogen and oxygen atoms in total. The first kappa shape index (κ1) is 14.8. The smallest absolute Gasteiger partial charge is 0.305 e. The first-order valence-corrected chi connectivity index (χ1v) is 7.04. The fourth-order valence-electron chi connectivity index (χ4n) is 2.42. The molecule has 0 aromatic heterocycles. The maximum absolute atomic E-state index is 11.9. The molecule has 2 aliphatic rings. The van der Waals surface area contributed by atoms with E-state index < -0.39 is 12.0 Å². The molecule has 0 radical (unpaired) electrons. The topological polar surface area (TPSA) is 113 Å². The van der Waals surface area contributed by atoms with Gasteiger partial charge in [0.25, 0.3) is 0 Å². The van der Waals surface area contributed by atoms with Crippen LogP contribution in [-0.2, 0) is 14.4 Å². The predicted molar refractivity (Wildman–Crippen MR) is 70.7 cm³/mol. The number of amides is 2. The van der Waals surface area contributed by atoms with Gasteiger partial charge in [0.2, 0.25) is 11.8 Å². The highest BCUT2D eigenvalue weighted by molar-refractivity contribution is 5.86. The van der Waals surface area contributed by atoms with Crippen LogP contribution in [0.25, 0.3) is 0 Å². The van der Waals surface area contributed by atoms with Gasteiger partial charge in [-0.25, -0.2) is 0 Å². The number of aliphatic carboxylic acids is 1.